The predicted molar refractivity (Wildman–Crippen MR) is 92.4 cm³/mol. The Morgan fingerprint density at radius 2 is 1.90 bits per heavy atom. The number of rotatable bonds is 3. The maximum atomic E-state index is 6.08. The summed E-state index contributed by atoms with van der Waals surface area (Å²) in [6.45, 7) is 2.82. The van der Waals surface area contributed by atoms with E-state index >= 15 is 0 Å². The Labute approximate surface area is 132 Å². The maximum absolute atomic E-state index is 6.08. The second kappa shape index (κ2) is 5.74. The molecule has 21 heavy (non-hydrogen) atoms. The van der Waals surface area contributed by atoms with Crippen LogP contribution in [-0.2, 0) is 6.54 Å². The molecule has 0 unspecified atom stereocenters. The largest absolute Gasteiger partial charge is 0.396 e. The molecule has 3 aromatic rings. The van der Waals surface area contributed by atoms with Gasteiger partial charge in [0.2, 0.25) is 0 Å². The van der Waals surface area contributed by atoms with Gasteiger partial charge in [-0.1, -0.05) is 45.8 Å². The van der Waals surface area contributed by atoms with E-state index in [-0.39, 0.29) is 0 Å². The fourth-order valence-corrected chi connectivity index (χ4v) is 2.62. The molecule has 106 valence electrons. The van der Waals surface area contributed by atoms with Crippen LogP contribution in [0.25, 0.3) is 10.9 Å². The van der Waals surface area contributed by atoms with Gasteiger partial charge in [-0.15, -0.1) is 0 Å². The van der Waals surface area contributed by atoms with Gasteiger partial charge in [0.05, 0.1) is 23.1 Å². The van der Waals surface area contributed by atoms with Gasteiger partial charge in [-0.3, -0.25) is 4.98 Å². The molecule has 0 aliphatic heterocycles. The van der Waals surface area contributed by atoms with Crippen molar-refractivity contribution in [1.82, 2.24) is 4.98 Å². The van der Waals surface area contributed by atoms with Crippen molar-refractivity contribution in [3.8, 4) is 0 Å². The molecule has 4 heteroatoms. The number of nitrogens with zero attached hydrogens (tertiary/aromatic N) is 1. The number of benzene rings is 2. The molecule has 1 aromatic heterocycles. The van der Waals surface area contributed by atoms with Crippen LogP contribution in [0.3, 0.4) is 0 Å². The number of hydrogen-bond acceptors (Lipinski definition) is 3. The standard InChI is InChI=1S/C17H16BrN3/c1-11-2-4-12(5-3-11)9-21-17-14-7-6-13(18)8-16(14)20-10-15(17)19/h2-8,10H,9,19H2,1H3,(H,20,21). The number of pyridine rings is 1. The summed E-state index contributed by atoms with van der Waals surface area (Å²) in [7, 11) is 0. The molecule has 0 aliphatic carbocycles. The fourth-order valence-electron chi connectivity index (χ4n) is 2.28. The van der Waals surface area contributed by atoms with Crippen molar-refractivity contribution in [1.29, 1.82) is 0 Å². The molecule has 3 N–H and O–H groups in total. The van der Waals surface area contributed by atoms with Crippen molar-refractivity contribution in [2.75, 3.05) is 11.1 Å². The van der Waals surface area contributed by atoms with Gasteiger partial charge in [-0.05, 0) is 30.7 Å². The van der Waals surface area contributed by atoms with Crippen LogP contribution in [0.15, 0.2) is 53.1 Å². The van der Waals surface area contributed by atoms with Gasteiger partial charge in [0, 0.05) is 16.4 Å². The van der Waals surface area contributed by atoms with Crippen molar-refractivity contribution in [2.24, 2.45) is 0 Å². The van der Waals surface area contributed by atoms with Crippen LogP contribution in [-0.4, -0.2) is 4.98 Å². The molecule has 3 rings (SSSR count). The maximum Gasteiger partial charge on any atom is 0.0743 e. The molecule has 0 atom stereocenters. The van der Waals surface area contributed by atoms with Crippen LogP contribution in [0.5, 0.6) is 0 Å². The first-order valence-electron chi connectivity index (χ1n) is 6.76. The third-order valence-electron chi connectivity index (χ3n) is 3.45. The Hall–Kier alpha value is -2.07. The van der Waals surface area contributed by atoms with Crippen molar-refractivity contribution in [3.05, 3.63) is 64.3 Å². The molecule has 0 bridgehead atoms. The van der Waals surface area contributed by atoms with E-state index in [1.165, 1.54) is 11.1 Å². The van der Waals surface area contributed by atoms with Crippen LogP contribution in [0, 0.1) is 6.92 Å². The Bertz CT molecular complexity index is 782. The predicted octanol–water partition coefficient (Wildman–Crippen LogP) is 4.50. The Morgan fingerprint density at radius 3 is 2.67 bits per heavy atom. The number of nitrogen functional groups attached to an aromatic ring is 1. The SMILES string of the molecule is Cc1ccc(CNc2c(N)cnc3cc(Br)ccc23)cc1. The van der Waals surface area contributed by atoms with Crippen LogP contribution in [0.1, 0.15) is 11.1 Å². The summed E-state index contributed by atoms with van der Waals surface area (Å²) in [6, 6.07) is 14.5. The summed E-state index contributed by atoms with van der Waals surface area (Å²) in [4.78, 5) is 4.37. The number of nitrogens with two attached hydrogens (primary N) is 1. The van der Waals surface area contributed by atoms with Gasteiger partial charge < -0.3 is 11.1 Å². The zero-order valence-corrected chi connectivity index (χ0v) is 13.3. The number of aromatic nitrogens is 1. The molecular weight excluding hydrogens is 326 g/mol. The highest BCUT2D eigenvalue weighted by atomic mass is 79.9. The highest BCUT2D eigenvalue weighted by Gasteiger charge is 2.07. The molecule has 0 fully saturated rings. The summed E-state index contributed by atoms with van der Waals surface area (Å²) in [5.74, 6) is 0. The topological polar surface area (TPSA) is 50.9 Å². The number of aryl methyl sites for hydroxylation is 1. The van der Waals surface area contributed by atoms with Gasteiger partial charge in [-0.2, -0.15) is 0 Å². The van der Waals surface area contributed by atoms with Crippen molar-refractivity contribution in [3.63, 3.8) is 0 Å². The molecule has 3 nitrogen and oxygen atoms in total. The second-order valence-electron chi connectivity index (χ2n) is 5.09. The zero-order chi connectivity index (χ0) is 14.8. The van der Waals surface area contributed by atoms with E-state index in [1.54, 1.807) is 6.20 Å². The van der Waals surface area contributed by atoms with Gasteiger partial charge >= 0.3 is 0 Å². The van der Waals surface area contributed by atoms with E-state index in [0.717, 1.165) is 27.6 Å². The van der Waals surface area contributed by atoms with E-state index in [9.17, 15) is 0 Å². The number of anilines is 2. The Kier molecular flexibility index (Phi) is 3.80. The lowest BCUT2D eigenvalue weighted by molar-refractivity contribution is 1.15. The van der Waals surface area contributed by atoms with E-state index in [1.807, 2.05) is 18.2 Å². The lowest BCUT2D eigenvalue weighted by Crippen LogP contribution is -2.04. The van der Waals surface area contributed by atoms with E-state index in [4.69, 9.17) is 5.73 Å². The van der Waals surface area contributed by atoms with Gasteiger partial charge in [0.1, 0.15) is 0 Å². The lowest BCUT2D eigenvalue weighted by atomic mass is 10.1. The Balaban J connectivity index is 1.92. The molecule has 0 aliphatic rings. The van der Waals surface area contributed by atoms with Crippen molar-refractivity contribution >= 4 is 38.2 Å². The highest BCUT2D eigenvalue weighted by molar-refractivity contribution is 9.10. The number of nitrogens with one attached hydrogen (secondary N) is 1. The molecule has 0 saturated carbocycles. The molecule has 2 aromatic carbocycles. The molecule has 0 saturated heterocycles. The summed E-state index contributed by atoms with van der Waals surface area (Å²) in [6.07, 6.45) is 1.70. The minimum absolute atomic E-state index is 0.664. The third kappa shape index (κ3) is 3.00. The first-order valence-corrected chi connectivity index (χ1v) is 7.56. The minimum atomic E-state index is 0.664. The van der Waals surface area contributed by atoms with Crippen molar-refractivity contribution in [2.45, 2.75) is 13.5 Å². The normalized spacial score (nSPS) is 10.8. The van der Waals surface area contributed by atoms with Gasteiger partial charge in [0.25, 0.3) is 0 Å². The average molecular weight is 342 g/mol. The van der Waals surface area contributed by atoms with Crippen LogP contribution < -0.4 is 11.1 Å². The van der Waals surface area contributed by atoms with Crippen LogP contribution in [0.4, 0.5) is 11.4 Å². The molecule has 0 spiro atoms. The molecule has 0 amide bonds. The number of fused-ring (bicyclic) bond motifs is 1. The fraction of sp³-hybridized carbons (Fsp3) is 0.118. The van der Waals surface area contributed by atoms with Gasteiger partial charge in [0.15, 0.2) is 0 Å². The molecular formula is C17H16BrN3. The highest BCUT2D eigenvalue weighted by Crippen LogP contribution is 2.30. The second-order valence-corrected chi connectivity index (χ2v) is 6.00. The quantitative estimate of drug-likeness (QED) is 0.737. The van der Waals surface area contributed by atoms with Crippen LogP contribution in [0.2, 0.25) is 0 Å². The monoisotopic (exact) mass is 341 g/mol. The van der Waals surface area contributed by atoms with E-state index in [0.29, 0.717) is 5.69 Å². The van der Waals surface area contributed by atoms with Crippen LogP contribution >= 0.6 is 15.9 Å². The number of hydrogen-bond donors (Lipinski definition) is 2. The van der Waals surface area contributed by atoms with E-state index in [2.05, 4.69) is 57.4 Å². The first-order chi connectivity index (χ1) is 10.1. The number of halogens is 1. The summed E-state index contributed by atoms with van der Waals surface area (Å²) in [5.41, 5.74) is 11.1. The van der Waals surface area contributed by atoms with Gasteiger partial charge in [-0.25, -0.2) is 0 Å². The summed E-state index contributed by atoms with van der Waals surface area (Å²) >= 11 is 3.47. The zero-order valence-electron chi connectivity index (χ0n) is 11.7. The summed E-state index contributed by atoms with van der Waals surface area (Å²) < 4.78 is 1.01. The molecule has 1 heterocycles. The first kappa shape index (κ1) is 13.9. The third-order valence-corrected chi connectivity index (χ3v) is 3.94. The van der Waals surface area contributed by atoms with Crippen molar-refractivity contribution < 1.29 is 0 Å². The Morgan fingerprint density at radius 1 is 1.14 bits per heavy atom. The minimum Gasteiger partial charge on any atom is -0.396 e. The smallest absolute Gasteiger partial charge is 0.0743 e. The lowest BCUT2D eigenvalue weighted by Gasteiger charge is -2.12. The molecule has 0 radical (unpaired) electrons. The summed E-state index contributed by atoms with van der Waals surface area (Å²) in [5, 5.41) is 4.46. The average Bonchev–Trinajstić information content (AvgIpc) is 2.48. The van der Waals surface area contributed by atoms with E-state index < -0.39 is 0 Å².